The Morgan fingerprint density at radius 1 is 1.47 bits per heavy atom. The Morgan fingerprint density at radius 2 is 2.35 bits per heavy atom. The summed E-state index contributed by atoms with van der Waals surface area (Å²) < 4.78 is 4.08. The van der Waals surface area contributed by atoms with E-state index in [1.807, 2.05) is 24.0 Å². The molecule has 6 nitrogen and oxygen atoms in total. The second kappa shape index (κ2) is 4.20. The predicted octanol–water partition coefficient (Wildman–Crippen LogP) is 0.829. The number of rotatable bonds is 5. The van der Waals surface area contributed by atoms with Crippen LogP contribution in [0.15, 0.2) is 18.7 Å². The van der Waals surface area contributed by atoms with Gasteiger partial charge in [-0.15, -0.1) is 10.2 Å². The van der Waals surface area contributed by atoms with Crippen molar-refractivity contribution in [2.75, 3.05) is 5.32 Å². The third kappa shape index (κ3) is 2.30. The number of nitrogens with zero attached hydrogens (tertiary/aromatic N) is 5. The van der Waals surface area contributed by atoms with Crippen molar-refractivity contribution < 1.29 is 0 Å². The van der Waals surface area contributed by atoms with Gasteiger partial charge in [-0.3, -0.25) is 0 Å². The zero-order chi connectivity index (χ0) is 11.7. The lowest BCUT2D eigenvalue weighted by molar-refractivity contribution is 0.651. The fraction of sp³-hybridized carbons (Fsp3) is 0.545. The highest BCUT2D eigenvalue weighted by molar-refractivity contribution is 5.29. The molecule has 2 aromatic heterocycles. The van der Waals surface area contributed by atoms with Crippen molar-refractivity contribution in [1.82, 2.24) is 24.3 Å². The van der Waals surface area contributed by atoms with Crippen molar-refractivity contribution in [3.63, 3.8) is 0 Å². The molecule has 1 aliphatic carbocycles. The first kappa shape index (κ1) is 10.3. The Balaban J connectivity index is 1.64. The van der Waals surface area contributed by atoms with Crippen molar-refractivity contribution in [3.05, 3.63) is 24.5 Å². The molecule has 0 unspecified atom stereocenters. The van der Waals surface area contributed by atoms with E-state index >= 15 is 0 Å². The smallest absolute Gasteiger partial charge is 0.202 e. The van der Waals surface area contributed by atoms with Gasteiger partial charge in [0, 0.05) is 38.4 Å². The van der Waals surface area contributed by atoms with Gasteiger partial charge >= 0.3 is 0 Å². The molecule has 1 N–H and O–H groups in total. The summed E-state index contributed by atoms with van der Waals surface area (Å²) in [6, 6.07) is 0.631. The molecule has 1 saturated carbocycles. The van der Waals surface area contributed by atoms with Gasteiger partial charge in [-0.05, 0) is 12.8 Å². The second-order valence-corrected chi connectivity index (χ2v) is 4.47. The lowest BCUT2D eigenvalue weighted by Crippen LogP contribution is -2.11. The van der Waals surface area contributed by atoms with E-state index < -0.39 is 0 Å². The molecule has 17 heavy (non-hydrogen) atoms. The zero-order valence-electron chi connectivity index (χ0n) is 9.87. The van der Waals surface area contributed by atoms with Crippen LogP contribution in [-0.4, -0.2) is 30.4 Å². The Bertz CT molecular complexity index is 496. The van der Waals surface area contributed by atoms with E-state index in [1.165, 1.54) is 12.8 Å². The van der Waals surface area contributed by atoms with Gasteiger partial charge in [-0.25, -0.2) is 4.98 Å². The molecule has 0 spiro atoms. The number of hydrogen-bond acceptors (Lipinski definition) is 4. The van der Waals surface area contributed by atoms with E-state index in [9.17, 15) is 0 Å². The Labute approximate surface area is 99.7 Å². The van der Waals surface area contributed by atoms with Gasteiger partial charge in [0.2, 0.25) is 5.95 Å². The minimum absolute atomic E-state index is 0.631. The van der Waals surface area contributed by atoms with E-state index in [1.54, 1.807) is 6.33 Å². The van der Waals surface area contributed by atoms with Crippen molar-refractivity contribution in [2.24, 2.45) is 7.05 Å². The van der Waals surface area contributed by atoms with E-state index in [-0.39, 0.29) is 0 Å². The van der Waals surface area contributed by atoms with Gasteiger partial charge in [-0.2, -0.15) is 0 Å². The van der Waals surface area contributed by atoms with Crippen LogP contribution in [0.3, 0.4) is 0 Å². The van der Waals surface area contributed by atoms with E-state index in [0.29, 0.717) is 6.04 Å². The third-order valence-electron chi connectivity index (χ3n) is 3.01. The SMILES string of the molecule is Cn1cnnc1CCn1ccnc1NC1CC1. The molecule has 0 bridgehead atoms. The minimum atomic E-state index is 0.631. The highest BCUT2D eigenvalue weighted by atomic mass is 15.3. The molecule has 2 aromatic rings. The van der Waals surface area contributed by atoms with Crippen molar-refractivity contribution in [2.45, 2.75) is 31.8 Å². The summed E-state index contributed by atoms with van der Waals surface area (Å²) >= 11 is 0. The number of hydrogen-bond donors (Lipinski definition) is 1. The highest BCUT2D eigenvalue weighted by Gasteiger charge is 2.22. The molecule has 0 radical (unpaired) electrons. The maximum Gasteiger partial charge on any atom is 0.202 e. The molecule has 1 aliphatic rings. The van der Waals surface area contributed by atoms with Gasteiger partial charge in [0.05, 0.1) is 0 Å². The molecule has 0 saturated heterocycles. The number of aromatic nitrogens is 5. The maximum atomic E-state index is 4.33. The summed E-state index contributed by atoms with van der Waals surface area (Å²) in [5.74, 6) is 1.96. The van der Waals surface area contributed by atoms with Gasteiger partial charge < -0.3 is 14.5 Å². The molecule has 0 aliphatic heterocycles. The summed E-state index contributed by atoms with van der Waals surface area (Å²) in [4.78, 5) is 4.33. The van der Waals surface area contributed by atoms with Crippen molar-refractivity contribution in [1.29, 1.82) is 0 Å². The van der Waals surface area contributed by atoms with E-state index in [2.05, 4.69) is 25.1 Å². The first-order chi connectivity index (χ1) is 8.33. The van der Waals surface area contributed by atoms with Crippen LogP contribution in [0.25, 0.3) is 0 Å². The number of imidazole rings is 1. The molecule has 0 aromatic carbocycles. The zero-order valence-corrected chi connectivity index (χ0v) is 9.87. The van der Waals surface area contributed by atoms with Crippen LogP contribution in [0.1, 0.15) is 18.7 Å². The molecule has 1 fully saturated rings. The molecule has 6 heteroatoms. The van der Waals surface area contributed by atoms with Gasteiger partial charge in [0.1, 0.15) is 12.2 Å². The largest absolute Gasteiger partial charge is 0.353 e. The fourth-order valence-corrected chi connectivity index (χ4v) is 1.79. The number of anilines is 1. The lowest BCUT2D eigenvalue weighted by Gasteiger charge is -2.08. The van der Waals surface area contributed by atoms with Gasteiger partial charge in [0.15, 0.2) is 0 Å². The van der Waals surface area contributed by atoms with E-state index in [0.717, 1.165) is 24.7 Å². The first-order valence-electron chi connectivity index (χ1n) is 5.93. The lowest BCUT2D eigenvalue weighted by atomic mass is 10.4. The average Bonchev–Trinajstić information content (AvgIpc) is 2.86. The molecular weight excluding hydrogens is 216 g/mol. The van der Waals surface area contributed by atoms with Crippen molar-refractivity contribution >= 4 is 5.95 Å². The summed E-state index contributed by atoms with van der Waals surface area (Å²) in [7, 11) is 1.96. The minimum Gasteiger partial charge on any atom is -0.353 e. The van der Waals surface area contributed by atoms with E-state index in [4.69, 9.17) is 0 Å². The molecular formula is C11H16N6. The quantitative estimate of drug-likeness (QED) is 0.829. The first-order valence-corrected chi connectivity index (χ1v) is 5.93. The van der Waals surface area contributed by atoms with Crippen LogP contribution < -0.4 is 5.32 Å². The Kier molecular flexibility index (Phi) is 2.55. The highest BCUT2D eigenvalue weighted by Crippen LogP contribution is 2.23. The second-order valence-electron chi connectivity index (χ2n) is 4.47. The Hall–Kier alpha value is -1.85. The van der Waals surface area contributed by atoms with Crippen LogP contribution in [0.5, 0.6) is 0 Å². The van der Waals surface area contributed by atoms with Gasteiger partial charge in [-0.1, -0.05) is 0 Å². The Morgan fingerprint density at radius 3 is 3.06 bits per heavy atom. The normalized spacial score (nSPS) is 15.1. The van der Waals surface area contributed by atoms with Gasteiger partial charge in [0.25, 0.3) is 0 Å². The molecule has 0 atom stereocenters. The summed E-state index contributed by atoms with van der Waals surface area (Å²) in [5, 5.41) is 11.4. The molecule has 0 amide bonds. The number of aryl methyl sites for hydroxylation is 3. The van der Waals surface area contributed by atoms with Crippen LogP contribution in [0.2, 0.25) is 0 Å². The molecule has 3 rings (SSSR count). The standard InChI is InChI=1S/C11H16N6/c1-16-8-13-15-10(16)4-6-17-7-5-12-11(17)14-9-2-3-9/h5,7-9H,2-4,6H2,1H3,(H,12,14). The monoisotopic (exact) mass is 232 g/mol. The fourth-order valence-electron chi connectivity index (χ4n) is 1.79. The average molecular weight is 232 g/mol. The van der Waals surface area contributed by atoms with Crippen molar-refractivity contribution in [3.8, 4) is 0 Å². The summed E-state index contributed by atoms with van der Waals surface area (Å²) in [6.45, 7) is 0.877. The molecule has 90 valence electrons. The van der Waals surface area contributed by atoms with Crippen LogP contribution in [0, 0.1) is 0 Å². The molecule has 2 heterocycles. The van der Waals surface area contributed by atoms with Crippen LogP contribution in [-0.2, 0) is 20.0 Å². The topological polar surface area (TPSA) is 60.6 Å². The van der Waals surface area contributed by atoms with Crippen LogP contribution in [0.4, 0.5) is 5.95 Å². The summed E-state index contributed by atoms with van der Waals surface area (Å²) in [5.41, 5.74) is 0. The number of nitrogens with one attached hydrogen (secondary N) is 1. The van der Waals surface area contributed by atoms with Crippen LogP contribution >= 0.6 is 0 Å². The predicted molar refractivity (Wildman–Crippen MR) is 63.6 cm³/mol. The third-order valence-corrected chi connectivity index (χ3v) is 3.01. The maximum absolute atomic E-state index is 4.33. The summed E-state index contributed by atoms with van der Waals surface area (Å²) in [6.07, 6.45) is 8.95.